The SMILES string of the molecule is CN1CC(=O)N[C@@H](CN)C1=O. The lowest BCUT2D eigenvalue weighted by Gasteiger charge is -2.28. The monoisotopic (exact) mass is 157 g/mol. The summed E-state index contributed by atoms with van der Waals surface area (Å²) in [7, 11) is 1.59. The van der Waals surface area contributed by atoms with Crippen LogP contribution in [0.25, 0.3) is 0 Å². The highest BCUT2D eigenvalue weighted by molar-refractivity contribution is 5.94. The van der Waals surface area contributed by atoms with Gasteiger partial charge in [0.05, 0.1) is 6.54 Å². The van der Waals surface area contributed by atoms with Gasteiger partial charge in [-0.25, -0.2) is 0 Å². The Morgan fingerprint density at radius 3 is 2.91 bits per heavy atom. The number of piperazine rings is 1. The Labute approximate surface area is 64.5 Å². The van der Waals surface area contributed by atoms with Crippen molar-refractivity contribution in [1.29, 1.82) is 0 Å². The highest BCUT2D eigenvalue weighted by Crippen LogP contribution is 1.97. The molecule has 0 saturated carbocycles. The van der Waals surface area contributed by atoms with E-state index in [1.807, 2.05) is 0 Å². The van der Waals surface area contributed by atoms with Crippen molar-refractivity contribution in [1.82, 2.24) is 10.2 Å². The van der Waals surface area contributed by atoms with Gasteiger partial charge in [0.25, 0.3) is 0 Å². The number of likely N-dealkylation sites (N-methyl/N-ethyl adjacent to an activating group) is 1. The van der Waals surface area contributed by atoms with Gasteiger partial charge < -0.3 is 16.0 Å². The van der Waals surface area contributed by atoms with Crippen molar-refractivity contribution < 1.29 is 9.59 Å². The predicted molar refractivity (Wildman–Crippen MR) is 38.6 cm³/mol. The molecule has 0 aliphatic carbocycles. The van der Waals surface area contributed by atoms with E-state index in [-0.39, 0.29) is 24.9 Å². The molecule has 1 aliphatic rings. The van der Waals surface area contributed by atoms with E-state index < -0.39 is 6.04 Å². The molecule has 11 heavy (non-hydrogen) atoms. The van der Waals surface area contributed by atoms with Crippen molar-refractivity contribution in [3.63, 3.8) is 0 Å². The third kappa shape index (κ3) is 1.48. The van der Waals surface area contributed by atoms with Crippen molar-refractivity contribution in [3.8, 4) is 0 Å². The molecule has 0 spiro atoms. The van der Waals surface area contributed by atoms with Crippen LogP contribution in [0.1, 0.15) is 0 Å². The molecule has 0 radical (unpaired) electrons. The Bertz CT molecular complexity index is 192. The van der Waals surface area contributed by atoms with E-state index >= 15 is 0 Å². The second-order valence-electron chi connectivity index (χ2n) is 2.55. The summed E-state index contributed by atoms with van der Waals surface area (Å²) in [4.78, 5) is 23.3. The molecule has 1 heterocycles. The number of rotatable bonds is 1. The number of nitrogens with one attached hydrogen (secondary N) is 1. The second-order valence-corrected chi connectivity index (χ2v) is 2.55. The zero-order valence-electron chi connectivity index (χ0n) is 6.33. The summed E-state index contributed by atoms with van der Waals surface area (Å²) in [6.45, 7) is 0.296. The van der Waals surface area contributed by atoms with Crippen LogP contribution >= 0.6 is 0 Å². The molecule has 5 nitrogen and oxygen atoms in total. The summed E-state index contributed by atoms with van der Waals surface area (Å²) in [5, 5.41) is 2.49. The molecular formula is C6H11N3O2. The molecule has 62 valence electrons. The summed E-state index contributed by atoms with van der Waals surface area (Å²) in [5.41, 5.74) is 5.26. The maximum atomic E-state index is 11.1. The van der Waals surface area contributed by atoms with Gasteiger partial charge in [0, 0.05) is 13.6 Å². The normalized spacial score (nSPS) is 25.3. The highest BCUT2D eigenvalue weighted by Gasteiger charge is 2.28. The standard InChI is InChI=1S/C6H11N3O2/c1-9-3-5(10)8-4(2-7)6(9)11/h4H,2-3,7H2,1H3,(H,8,10)/t4-/m0/s1. The highest BCUT2D eigenvalue weighted by atomic mass is 16.2. The molecule has 1 saturated heterocycles. The maximum Gasteiger partial charge on any atom is 0.246 e. The summed E-state index contributed by atoms with van der Waals surface area (Å²) in [5.74, 6) is -0.269. The first-order valence-corrected chi connectivity index (χ1v) is 3.39. The van der Waals surface area contributed by atoms with E-state index in [0.717, 1.165) is 0 Å². The van der Waals surface area contributed by atoms with Gasteiger partial charge in [-0.3, -0.25) is 9.59 Å². The third-order valence-corrected chi connectivity index (χ3v) is 1.63. The zero-order valence-corrected chi connectivity index (χ0v) is 6.33. The van der Waals surface area contributed by atoms with Crippen molar-refractivity contribution >= 4 is 11.8 Å². The summed E-state index contributed by atoms with van der Waals surface area (Å²) >= 11 is 0. The van der Waals surface area contributed by atoms with Crippen molar-refractivity contribution in [2.45, 2.75) is 6.04 Å². The fraction of sp³-hybridized carbons (Fsp3) is 0.667. The van der Waals surface area contributed by atoms with Crippen molar-refractivity contribution in [3.05, 3.63) is 0 Å². The first-order chi connectivity index (χ1) is 5.15. The fourth-order valence-corrected chi connectivity index (χ4v) is 1.02. The number of hydrogen-bond donors (Lipinski definition) is 2. The lowest BCUT2D eigenvalue weighted by molar-refractivity contribution is -0.142. The lowest BCUT2D eigenvalue weighted by Crippen LogP contribution is -2.59. The number of nitrogens with two attached hydrogens (primary N) is 1. The predicted octanol–water partition coefficient (Wildman–Crippen LogP) is -2.10. The van der Waals surface area contributed by atoms with Crippen LogP contribution in [0.4, 0.5) is 0 Å². The van der Waals surface area contributed by atoms with E-state index in [1.54, 1.807) is 7.05 Å². The first-order valence-electron chi connectivity index (χ1n) is 3.39. The summed E-state index contributed by atoms with van der Waals surface area (Å²) < 4.78 is 0. The average molecular weight is 157 g/mol. The van der Waals surface area contributed by atoms with Crippen LogP contribution in [-0.4, -0.2) is 42.9 Å². The van der Waals surface area contributed by atoms with Crippen LogP contribution in [0.3, 0.4) is 0 Å². The van der Waals surface area contributed by atoms with Gasteiger partial charge in [0.1, 0.15) is 6.04 Å². The summed E-state index contributed by atoms with van der Waals surface area (Å²) in [6, 6.07) is -0.527. The van der Waals surface area contributed by atoms with Crippen LogP contribution < -0.4 is 11.1 Å². The molecule has 1 aliphatic heterocycles. The molecule has 0 bridgehead atoms. The Kier molecular flexibility index (Phi) is 2.09. The molecule has 1 fully saturated rings. The minimum Gasteiger partial charge on any atom is -0.342 e. The number of amides is 2. The zero-order chi connectivity index (χ0) is 8.43. The van der Waals surface area contributed by atoms with Crippen LogP contribution in [0.5, 0.6) is 0 Å². The van der Waals surface area contributed by atoms with Gasteiger partial charge in [-0.15, -0.1) is 0 Å². The topological polar surface area (TPSA) is 75.4 Å². The van der Waals surface area contributed by atoms with Crippen LogP contribution in [-0.2, 0) is 9.59 Å². The molecule has 0 aromatic heterocycles. The minimum atomic E-state index is -0.527. The van der Waals surface area contributed by atoms with Gasteiger partial charge in [0.15, 0.2) is 0 Å². The van der Waals surface area contributed by atoms with Gasteiger partial charge in [-0.2, -0.15) is 0 Å². The third-order valence-electron chi connectivity index (χ3n) is 1.63. The van der Waals surface area contributed by atoms with Crippen LogP contribution in [0.2, 0.25) is 0 Å². The number of nitrogens with zero attached hydrogens (tertiary/aromatic N) is 1. The summed E-state index contributed by atoms with van der Waals surface area (Å²) in [6.07, 6.45) is 0. The van der Waals surface area contributed by atoms with Gasteiger partial charge in [-0.1, -0.05) is 0 Å². The fourth-order valence-electron chi connectivity index (χ4n) is 1.02. The van der Waals surface area contributed by atoms with Crippen molar-refractivity contribution in [2.75, 3.05) is 20.1 Å². The molecule has 0 unspecified atom stereocenters. The van der Waals surface area contributed by atoms with Crippen LogP contribution in [0, 0.1) is 0 Å². The number of carbonyl (C=O) groups excluding carboxylic acids is 2. The second kappa shape index (κ2) is 2.87. The minimum absolute atomic E-state index is 0.118. The van der Waals surface area contributed by atoms with Gasteiger partial charge in [0.2, 0.25) is 11.8 Å². The molecule has 0 aromatic rings. The number of carbonyl (C=O) groups is 2. The molecule has 1 atom stereocenters. The largest absolute Gasteiger partial charge is 0.342 e. The molecule has 2 amide bonds. The Balaban J connectivity index is 2.66. The molecule has 5 heteroatoms. The Hall–Kier alpha value is -1.10. The Morgan fingerprint density at radius 2 is 2.36 bits per heavy atom. The maximum absolute atomic E-state index is 11.1. The molecule has 1 rings (SSSR count). The Morgan fingerprint density at radius 1 is 1.73 bits per heavy atom. The molecular weight excluding hydrogens is 146 g/mol. The van der Waals surface area contributed by atoms with E-state index in [2.05, 4.69) is 5.32 Å². The first kappa shape index (κ1) is 8.00. The molecule has 0 aromatic carbocycles. The average Bonchev–Trinajstić information content (AvgIpc) is 1.96. The molecule has 3 N–H and O–H groups in total. The van der Waals surface area contributed by atoms with E-state index in [4.69, 9.17) is 5.73 Å². The van der Waals surface area contributed by atoms with Crippen LogP contribution in [0.15, 0.2) is 0 Å². The smallest absolute Gasteiger partial charge is 0.246 e. The van der Waals surface area contributed by atoms with E-state index in [1.165, 1.54) is 4.90 Å². The lowest BCUT2D eigenvalue weighted by atomic mass is 10.2. The van der Waals surface area contributed by atoms with E-state index in [0.29, 0.717) is 0 Å². The van der Waals surface area contributed by atoms with Gasteiger partial charge >= 0.3 is 0 Å². The van der Waals surface area contributed by atoms with Crippen molar-refractivity contribution in [2.24, 2.45) is 5.73 Å². The number of hydrogen-bond acceptors (Lipinski definition) is 3. The quantitative estimate of drug-likeness (QED) is 0.458. The van der Waals surface area contributed by atoms with E-state index in [9.17, 15) is 9.59 Å². The van der Waals surface area contributed by atoms with Gasteiger partial charge in [-0.05, 0) is 0 Å².